The second-order valence-corrected chi connectivity index (χ2v) is 8.82. The van der Waals surface area contributed by atoms with Crippen molar-refractivity contribution in [2.24, 2.45) is 0 Å². The smallest absolute Gasteiger partial charge is 0.278 e. The van der Waals surface area contributed by atoms with Gasteiger partial charge >= 0.3 is 0 Å². The summed E-state index contributed by atoms with van der Waals surface area (Å²) < 4.78 is 0. The van der Waals surface area contributed by atoms with E-state index in [1.54, 1.807) is 6.07 Å². The highest BCUT2D eigenvalue weighted by molar-refractivity contribution is 7.99. The Labute approximate surface area is 200 Å². The van der Waals surface area contributed by atoms with Crippen molar-refractivity contribution in [2.45, 2.75) is 25.9 Å². The van der Waals surface area contributed by atoms with Crippen molar-refractivity contribution < 1.29 is 9.59 Å². The molecule has 4 rings (SSSR count). The van der Waals surface area contributed by atoms with Gasteiger partial charge in [-0.25, -0.2) is 0 Å². The number of anilines is 2. The summed E-state index contributed by atoms with van der Waals surface area (Å²) in [6.07, 6.45) is 0. The van der Waals surface area contributed by atoms with Gasteiger partial charge < -0.3 is 10.6 Å². The van der Waals surface area contributed by atoms with E-state index in [1.807, 2.05) is 62.4 Å². The predicted octanol–water partition coefficient (Wildman–Crippen LogP) is 4.29. The fraction of sp³-hybridized carbons (Fsp3) is 0.160. The number of nitrogens with zero attached hydrogens (tertiary/aromatic N) is 2. The lowest BCUT2D eigenvalue weighted by Crippen LogP contribution is -2.18. The summed E-state index contributed by atoms with van der Waals surface area (Å²) in [4.78, 5) is 39.6. The molecule has 0 aliphatic heterocycles. The molecule has 0 saturated carbocycles. The Morgan fingerprint density at radius 2 is 1.76 bits per heavy atom. The summed E-state index contributed by atoms with van der Waals surface area (Å²) in [6.45, 7) is 5.15. The molecule has 0 radical (unpaired) electrons. The lowest BCUT2D eigenvalue weighted by molar-refractivity contribution is -0.114. The van der Waals surface area contributed by atoms with Gasteiger partial charge in [0.1, 0.15) is 0 Å². The standard InChI is InChI=1S/C25H23N5O3S/c1-14-11-15(2)22(26-16(3)31)19(12-14)23-24(33)28-25(30-29-23)34-13-21(32)27-20-10-6-8-17-7-4-5-9-18(17)20/h4-12H,13H2,1-3H3,(H,26,31)(H,27,32)(H,28,30,33). The number of carbonyl (C=O) groups is 2. The van der Waals surface area contributed by atoms with Gasteiger partial charge in [-0.15, -0.1) is 10.2 Å². The van der Waals surface area contributed by atoms with Gasteiger partial charge in [-0.05, 0) is 36.9 Å². The Hall–Kier alpha value is -3.98. The highest BCUT2D eigenvalue weighted by Crippen LogP contribution is 2.29. The number of aromatic nitrogens is 3. The molecule has 0 fully saturated rings. The van der Waals surface area contributed by atoms with E-state index < -0.39 is 5.56 Å². The Morgan fingerprint density at radius 1 is 1.00 bits per heavy atom. The molecule has 0 aliphatic carbocycles. The molecule has 2 amide bonds. The monoisotopic (exact) mass is 473 g/mol. The van der Waals surface area contributed by atoms with Crippen molar-refractivity contribution in [1.82, 2.24) is 15.2 Å². The summed E-state index contributed by atoms with van der Waals surface area (Å²) in [5, 5.41) is 16.1. The van der Waals surface area contributed by atoms with Gasteiger partial charge in [0.2, 0.25) is 11.8 Å². The predicted molar refractivity (Wildman–Crippen MR) is 135 cm³/mol. The van der Waals surface area contributed by atoms with Crippen LogP contribution in [-0.2, 0) is 9.59 Å². The van der Waals surface area contributed by atoms with Gasteiger partial charge in [-0.2, -0.15) is 0 Å². The molecule has 34 heavy (non-hydrogen) atoms. The molecule has 0 aliphatic rings. The molecule has 8 nitrogen and oxygen atoms in total. The Bertz CT molecular complexity index is 1460. The van der Waals surface area contributed by atoms with Crippen LogP contribution in [0.2, 0.25) is 0 Å². The van der Waals surface area contributed by atoms with Gasteiger partial charge in [0, 0.05) is 23.6 Å². The number of carbonyl (C=O) groups excluding carboxylic acids is 2. The third kappa shape index (κ3) is 5.15. The molecule has 1 aromatic heterocycles. The molecule has 1 heterocycles. The first-order chi connectivity index (χ1) is 16.3. The summed E-state index contributed by atoms with van der Waals surface area (Å²) in [7, 11) is 0. The molecule has 4 aromatic rings. The minimum absolute atomic E-state index is 0.0495. The molecule has 0 bridgehead atoms. The summed E-state index contributed by atoms with van der Waals surface area (Å²) in [6, 6.07) is 17.2. The van der Waals surface area contributed by atoms with Crippen LogP contribution in [0.15, 0.2) is 64.5 Å². The summed E-state index contributed by atoms with van der Waals surface area (Å²) in [5.41, 5.74) is 3.11. The van der Waals surface area contributed by atoms with Crippen molar-refractivity contribution in [3.63, 3.8) is 0 Å². The van der Waals surface area contributed by atoms with Gasteiger partial charge in [0.15, 0.2) is 10.9 Å². The van der Waals surface area contributed by atoms with Crippen LogP contribution in [0.4, 0.5) is 11.4 Å². The maximum Gasteiger partial charge on any atom is 0.278 e. The van der Waals surface area contributed by atoms with Crippen molar-refractivity contribution >= 4 is 45.7 Å². The first-order valence-corrected chi connectivity index (χ1v) is 11.6. The van der Waals surface area contributed by atoms with E-state index in [9.17, 15) is 14.4 Å². The number of nitrogens with one attached hydrogen (secondary N) is 3. The average molecular weight is 474 g/mol. The van der Waals surface area contributed by atoms with E-state index in [1.165, 1.54) is 6.92 Å². The van der Waals surface area contributed by atoms with Crippen LogP contribution in [0.5, 0.6) is 0 Å². The van der Waals surface area contributed by atoms with E-state index in [2.05, 4.69) is 25.8 Å². The molecular weight excluding hydrogens is 450 g/mol. The third-order valence-corrected chi connectivity index (χ3v) is 5.98. The first-order valence-electron chi connectivity index (χ1n) is 10.6. The molecule has 0 unspecified atom stereocenters. The van der Waals surface area contributed by atoms with Crippen LogP contribution in [0.25, 0.3) is 22.0 Å². The Balaban J connectivity index is 1.51. The van der Waals surface area contributed by atoms with Crippen LogP contribution in [0.3, 0.4) is 0 Å². The average Bonchev–Trinajstić information content (AvgIpc) is 2.79. The molecule has 0 atom stereocenters. The largest absolute Gasteiger partial charge is 0.325 e. The zero-order valence-corrected chi connectivity index (χ0v) is 19.7. The quantitative estimate of drug-likeness (QED) is 0.360. The topological polar surface area (TPSA) is 117 Å². The molecular formula is C25H23N5O3S. The maximum absolute atomic E-state index is 12.8. The van der Waals surface area contributed by atoms with Crippen molar-refractivity contribution in [1.29, 1.82) is 0 Å². The summed E-state index contributed by atoms with van der Waals surface area (Å²) in [5.74, 6) is -0.425. The fourth-order valence-corrected chi connectivity index (χ4v) is 4.32. The van der Waals surface area contributed by atoms with Crippen LogP contribution < -0.4 is 16.2 Å². The number of H-pyrrole nitrogens is 1. The molecule has 9 heteroatoms. The molecule has 3 aromatic carbocycles. The molecule has 0 spiro atoms. The number of amides is 2. The van der Waals surface area contributed by atoms with Crippen LogP contribution in [0.1, 0.15) is 18.1 Å². The maximum atomic E-state index is 12.8. The van der Waals surface area contributed by atoms with Crippen LogP contribution >= 0.6 is 11.8 Å². The minimum atomic E-state index is -0.455. The van der Waals surface area contributed by atoms with Crippen molar-refractivity contribution in [3.8, 4) is 11.3 Å². The first kappa shape index (κ1) is 23.2. The summed E-state index contributed by atoms with van der Waals surface area (Å²) >= 11 is 1.08. The van der Waals surface area contributed by atoms with E-state index in [0.29, 0.717) is 11.3 Å². The molecule has 0 saturated heterocycles. The zero-order chi connectivity index (χ0) is 24.2. The highest BCUT2D eigenvalue weighted by atomic mass is 32.2. The van der Waals surface area contributed by atoms with E-state index in [4.69, 9.17) is 0 Å². The number of benzene rings is 3. The van der Waals surface area contributed by atoms with Gasteiger partial charge in [-0.3, -0.25) is 19.4 Å². The second kappa shape index (κ2) is 9.88. The normalized spacial score (nSPS) is 10.8. The van der Waals surface area contributed by atoms with E-state index >= 15 is 0 Å². The molecule has 172 valence electrons. The number of fused-ring (bicyclic) bond motifs is 1. The van der Waals surface area contributed by atoms with E-state index in [0.717, 1.165) is 39.3 Å². The number of thioether (sulfide) groups is 1. The number of aryl methyl sites for hydroxylation is 2. The third-order valence-electron chi connectivity index (χ3n) is 5.12. The highest BCUT2D eigenvalue weighted by Gasteiger charge is 2.16. The van der Waals surface area contributed by atoms with Crippen LogP contribution in [-0.4, -0.2) is 32.7 Å². The number of aromatic amines is 1. The van der Waals surface area contributed by atoms with Crippen molar-refractivity contribution in [2.75, 3.05) is 16.4 Å². The fourth-order valence-electron chi connectivity index (χ4n) is 3.71. The molecule has 3 N–H and O–H groups in total. The lowest BCUT2D eigenvalue weighted by atomic mass is 10.0. The van der Waals surface area contributed by atoms with Crippen molar-refractivity contribution in [3.05, 3.63) is 76.1 Å². The number of hydrogen-bond donors (Lipinski definition) is 3. The Morgan fingerprint density at radius 3 is 2.53 bits per heavy atom. The lowest BCUT2D eigenvalue weighted by Gasteiger charge is -2.13. The van der Waals surface area contributed by atoms with Gasteiger partial charge in [-0.1, -0.05) is 59.8 Å². The van der Waals surface area contributed by atoms with Gasteiger partial charge in [0.25, 0.3) is 5.56 Å². The van der Waals surface area contributed by atoms with Crippen LogP contribution in [0, 0.1) is 13.8 Å². The minimum Gasteiger partial charge on any atom is -0.325 e. The number of rotatable bonds is 6. The van der Waals surface area contributed by atoms with Gasteiger partial charge in [0.05, 0.1) is 11.4 Å². The van der Waals surface area contributed by atoms with E-state index in [-0.39, 0.29) is 28.4 Å². The SMILES string of the molecule is CC(=O)Nc1c(C)cc(C)cc1-c1nnc(SCC(=O)Nc2cccc3ccccc23)[nH]c1=O. The zero-order valence-electron chi connectivity index (χ0n) is 18.9. The second-order valence-electron chi connectivity index (χ2n) is 7.86. The number of hydrogen-bond acceptors (Lipinski definition) is 6. The Kier molecular flexibility index (Phi) is 6.74.